The molecule has 0 unspecified atom stereocenters. The Kier molecular flexibility index (Phi) is 5.90. The van der Waals surface area contributed by atoms with Crippen LogP contribution in [0.25, 0.3) is 0 Å². The van der Waals surface area contributed by atoms with E-state index in [4.69, 9.17) is 32.4 Å². The Morgan fingerprint density at radius 2 is 1.29 bits per heavy atom. The molecule has 0 aliphatic carbocycles. The molecule has 0 aliphatic rings. The van der Waals surface area contributed by atoms with Crippen LogP contribution < -0.4 is 5.19 Å². The van der Waals surface area contributed by atoms with Crippen LogP contribution in [0, 0.1) is 0 Å². The first-order valence-corrected chi connectivity index (χ1v) is 8.34. The molecule has 0 heterocycles. The van der Waals surface area contributed by atoms with Crippen molar-refractivity contribution in [1.29, 1.82) is 0 Å². The first-order valence-electron chi connectivity index (χ1n) is 4.81. The number of hydrogen-bond donors (Lipinski definition) is 2. The predicted molar refractivity (Wildman–Crippen MR) is 73.3 cm³/mol. The summed E-state index contributed by atoms with van der Waals surface area (Å²) in [6.07, 6.45) is 0. The zero-order valence-corrected chi connectivity index (χ0v) is 11.4. The third kappa shape index (κ3) is 5.13. The second-order valence-electron chi connectivity index (χ2n) is 3.11. The van der Waals surface area contributed by atoms with E-state index in [1.807, 2.05) is 6.07 Å². The number of benzene rings is 2. The number of aromatic hydroxyl groups is 2. The predicted octanol–water partition coefficient (Wildman–Crippen LogP) is 2.96. The molecule has 1 radical (unpaired) electrons. The van der Waals surface area contributed by atoms with Crippen molar-refractivity contribution < 1.29 is 10.2 Å². The van der Waals surface area contributed by atoms with Gasteiger partial charge in [-0.05, 0) is 18.2 Å². The van der Waals surface area contributed by atoms with Gasteiger partial charge in [0.1, 0.15) is 11.5 Å². The van der Waals surface area contributed by atoms with Gasteiger partial charge in [-0.1, -0.05) is 36.4 Å². The van der Waals surface area contributed by atoms with Gasteiger partial charge in [0.15, 0.2) is 0 Å². The zero-order valence-electron chi connectivity index (χ0n) is 8.85. The average molecular weight is 286 g/mol. The molecule has 0 aromatic heterocycles. The van der Waals surface area contributed by atoms with Crippen LogP contribution in [-0.2, 0) is 0 Å². The highest BCUT2D eigenvalue weighted by molar-refractivity contribution is 7.39. The molecule has 2 nitrogen and oxygen atoms in total. The van der Waals surface area contributed by atoms with Crippen molar-refractivity contribution in [3.63, 3.8) is 0 Å². The van der Waals surface area contributed by atoms with Gasteiger partial charge in [-0.3, -0.25) is 0 Å². The molecular weight excluding hydrogens is 275 g/mol. The molecule has 0 spiro atoms. The second kappa shape index (κ2) is 7.22. The standard InChI is InChI=1S/C6H5Cl2OSi.C6H6O/c7-10(8)6-4-2-1-3-5(6)9;7-6-4-2-1-3-5-6/h1-4,9H;1-5,7H. The van der Waals surface area contributed by atoms with Crippen LogP contribution in [-0.4, -0.2) is 17.6 Å². The van der Waals surface area contributed by atoms with Crippen molar-refractivity contribution in [2.75, 3.05) is 0 Å². The minimum absolute atomic E-state index is 0.182. The van der Waals surface area contributed by atoms with Gasteiger partial charge in [-0.2, -0.15) is 0 Å². The molecule has 2 N–H and O–H groups in total. The van der Waals surface area contributed by atoms with E-state index in [0.717, 1.165) is 0 Å². The number of halogens is 2. The van der Waals surface area contributed by atoms with Crippen LogP contribution in [0.2, 0.25) is 0 Å². The van der Waals surface area contributed by atoms with Gasteiger partial charge in [0.05, 0.1) is 0 Å². The number of phenolic OH excluding ortho intramolecular Hbond substituents is 2. The maximum Gasteiger partial charge on any atom is 0.310 e. The molecule has 0 saturated carbocycles. The SMILES string of the molecule is Oc1ccccc1.Oc1ccccc1[Si](Cl)Cl. The fourth-order valence-corrected chi connectivity index (χ4v) is 2.52. The summed E-state index contributed by atoms with van der Waals surface area (Å²) in [5.41, 5.74) is 0. The van der Waals surface area contributed by atoms with Crippen molar-refractivity contribution in [2.45, 2.75) is 0 Å². The highest BCUT2D eigenvalue weighted by Gasteiger charge is 2.10. The van der Waals surface area contributed by atoms with Gasteiger partial charge in [0.2, 0.25) is 0 Å². The lowest BCUT2D eigenvalue weighted by atomic mass is 10.3. The molecule has 0 atom stereocenters. The van der Waals surface area contributed by atoms with Crippen molar-refractivity contribution in [3.8, 4) is 11.5 Å². The second-order valence-corrected chi connectivity index (χ2v) is 7.02. The van der Waals surface area contributed by atoms with E-state index in [2.05, 4.69) is 0 Å². The van der Waals surface area contributed by atoms with Gasteiger partial charge in [-0.15, -0.1) is 22.2 Å². The van der Waals surface area contributed by atoms with Gasteiger partial charge in [-0.25, -0.2) is 0 Å². The zero-order chi connectivity index (χ0) is 12.7. The third-order valence-electron chi connectivity index (χ3n) is 1.86. The molecule has 0 saturated heterocycles. The maximum atomic E-state index is 9.14. The van der Waals surface area contributed by atoms with Gasteiger partial charge in [0, 0.05) is 5.19 Å². The lowest BCUT2D eigenvalue weighted by Gasteiger charge is -1.99. The van der Waals surface area contributed by atoms with Crippen molar-refractivity contribution in [3.05, 3.63) is 54.6 Å². The van der Waals surface area contributed by atoms with Crippen molar-refractivity contribution in [1.82, 2.24) is 0 Å². The summed E-state index contributed by atoms with van der Waals surface area (Å²) in [7, 11) is -1.55. The lowest BCUT2D eigenvalue weighted by molar-refractivity contribution is 0.475. The van der Waals surface area contributed by atoms with Gasteiger partial charge < -0.3 is 10.2 Å². The Labute approximate surface area is 111 Å². The Morgan fingerprint density at radius 1 is 0.765 bits per heavy atom. The number of phenols is 2. The Hall–Kier alpha value is -1.16. The van der Waals surface area contributed by atoms with Crippen LogP contribution in [0.1, 0.15) is 0 Å². The van der Waals surface area contributed by atoms with E-state index in [1.165, 1.54) is 0 Å². The Morgan fingerprint density at radius 3 is 1.65 bits per heavy atom. The number of hydrogen-bond acceptors (Lipinski definition) is 2. The third-order valence-corrected chi connectivity index (χ3v) is 3.92. The fourth-order valence-electron chi connectivity index (χ4n) is 1.06. The van der Waals surface area contributed by atoms with Crippen molar-refractivity contribution >= 4 is 34.8 Å². The summed E-state index contributed by atoms with van der Waals surface area (Å²) in [6.45, 7) is 0. The normalized spacial score (nSPS) is 9.59. The quantitative estimate of drug-likeness (QED) is 0.625. The van der Waals surface area contributed by atoms with Gasteiger partial charge in [0.25, 0.3) is 0 Å². The summed E-state index contributed by atoms with van der Waals surface area (Å²) < 4.78 is 0. The molecule has 17 heavy (non-hydrogen) atoms. The molecule has 0 amide bonds. The Balaban J connectivity index is 0.000000181. The maximum absolute atomic E-state index is 9.14. The first kappa shape index (κ1) is 13.9. The van der Waals surface area contributed by atoms with E-state index in [1.54, 1.807) is 48.5 Å². The number of para-hydroxylation sites is 2. The molecule has 0 fully saturated rings. The molecule has 2 aromatic rings. The minimum Gasteiger partial charge on any atom is -0.508 e. The summed E-state index contributed by atoms with van der Waals surface area (Å²) >= 11 is 11.2. The van der Waals surface area contributed by atoms with Crippen LogP contribution >= 0.6 is 22.2 Å². The molecule has 0 aliphatic heterocycles. The first-order chi connectivity index (χ1) is 8.11. The summed E-state index contributed by atoms with van der Waals surface area (Å²) in [4.78, 5) is 0. The van der Waals surface area contributed by atoms with E-state index < -0.39 is 7.42 Å². The molecule has 89 valence electrons. The molecule has 2 rings (SSSR count). The lowest BCUT2D eigenvalue weighted by Crippen LogP contribution is -2.17. The van der Waals surface area contributed by atoms with Gasteiger partial charge >= 0.3 is 7.42 Å². The monoisotopic (exact) mass is 285 g/mol. The van der Waals surface area contributed by atoms with Crippen LogP contribution in [0.5, 0.6) is 11.5 Å². The molecule has 5 heteroatoms. The van der Waals surface area contributed by atoms with Crippen LogP contribution in [0.15, 0.2) is 54.6 Å². The molecule has 2 aromatic carbocycles. The molecule has 0 bridgehead atoms. The summed E-state index contributed by atoms with van der Waals surface area (Å²) in [5, 5.41) is 18.4. The summed E-state index contributed by atoms with van der Waals surface area (Å²) in [5.74, 6) is 0.504. The van der Waals surface area contributed by atoms with Crippen LogP contribution in [0.3, 0.4) is 0 Å². The fraction of sp³-hybridized carbons (Fsp3) is 0. The average Bonchev–Trinajstić information content (AvgIpc) is 2.31. The largest absolute Gasteiger partial charge is 0.508 e. The topological polar surface area (TPSA) is 40.5 Å². The minimum atomic E-state index is -1.55. The highest BCUT2D eigenvalue weighted by atomic mass is 35.7. The van der Waals surface area contributed by atoms with E-state index >= 15 is 0 Å². The Bertz CT molecular complexity index is 449. The number of rotatable bonds is 1. The van der Waals surface area contributed by atoms with E-state index in [-0.39, 0.29) is 5.75 Å². The smallest absolute Gasteiger partial charge is 0.310 e. The molecular formula is C12H11Cl2O2Si. The highest BCUT2D eigenvalue weighted by Crippen LogP contribution is 2.08. The van der Waals surface area contributed by atoms with E-state index in [9.17, 15) is 0 Å². The van der Waals surface area contributed by atoms with Crippen LogP contribution in [0.4, 0.5) is 0 Å². The summed E-state index contributed by atoms with van der Waals surface area (Å²) in [6, 6.07) is 15.5. The van der Waals surface area contributed by atoms with Crippen molar-refractivity contribution in [2.24, 2.45) is 0 Å². The van der Waals surface area contributed by atoms with E-state index in [0.29, 0.717) is 10.9 Å².